The number of aryl methyl sites for hydroxylation is 1. The van der Waals surface area contributed by atoms with Crippen molar-refractivity contribution in [2.24, 2.45) is 0 Å². The molecule has 1 N–H and O–H groups in total. The number of ether oxygens (including phenoxy) is 2. The Kier molecular flexibility index (Phi) is 6.78. The molecule has 2 aromatic carbocycles. The van der Waals surface area contributed by atoms with E-state index in [1.165, 1.54) is 25.3 Å². The molecule has 0 bridgehead atoms. The smallest absolute Gasteiger partial charge is 0.268 e. The number of anilines is 1. The maximum Gasteiger partial charge on any atom is 0.268 e. The third-order valence-electron chi connectivity index (χ3n) is 5.06. The Morgan fingerprint density at radius 3 is 2.56 bits per heavy atom. The van der Waals surface area contributed by atoms with E-state index in [1.807, 2.05) is 6.92 Å². The Hall–Kier alpha value is -2.72. The molecule has 0 unspecified atom stereocenters. The maximum atomic E-state index is 13.9. The number of hydrogen-bond acceptors (Lipinski definition) is 7. The van der Waals surface area contributed by atoms with Crippen LogP contribution in [0.15, 0.2) is 51.9 Å². The van der Waals surface area contributed by atoms with Crippen molar-refractivity contribution in [2.75, 3.05) is 24.8 Å². The average molecular weight is 463 g/mol. The lowest BCUT2D eigenvalue weighted by atomic mass is 9.98. The monoisotopic (exact) mass is 462 g/mol. The highest BCUT2D eigenvalue weighted by Crippen LogP contribution is 2.35. The van der Waals surface area contributed by atoms with Gasteiger partial charge in [-0.2, -0.15) is 0 Å². The first-order valence-corrected chi connectivity index (χ1v) is 11.4. The summed E-state index contributed by atoms with van der Waals surface area (Å²) in [6.45, 7) is 2.90. The lowest BCUT2D eigenvalue weighted by Gasteiger charge is -2.23. The molecule has 8 nitrogen and oxygen atoms in total. The number of benzene rings is 2. The van der Waals surface area contributed by atoms with Gasteiger partial charge in [0.15, 0.2) is 5.82 Å². The third-order valence-corrected chi connectivity index (χ3v) is 6.83. The van der Waals surface area contributed by atoms with E-state index < -0.39 is 16.6 Å². The minimum Gasteiger partial charge on any atom is -0.392 e. The fourth-order valence-corrected chi connectivity index (χ4v) is 4.88. The summed E-state index contributed by atoms with van der Waals surface area (Å²) in [7, 11) is -2.77. The number of rotatable bonds is 10. The van der Waals surface area contributed by atoms with Gasteiger partial charge >= 0.3 is 0 Å². The van der Waals surface area contributed by atoms with E-state index in [4.69, 9.17) is 16.7 Å². The fourth-order valence-electron chi connectivity index (χ4n) is 3.29. The number of methoxy groups -OCH3 is 1. The second-order valence-electron chi connectivity index (χ2n) is 7.08. The van der Waals surface area contributed by atoms with Crippen molar-refractivity contribution in [3.63, 3.8) is 0 Å². The Labute approximate surface area is 191 Å². The van der Waals surface area contributed by atoms with Crippen LogP contribution in [0, 0.1) is 13.8 Å². The summed E-state index contributed by atoms with van der Waals surface area (Å²) in [4.78, 5) is 0.00427. The minimum atomic E-state index is -4.16. The van der Waals surface area contributed by atoms with Crippen LogP contribution in [0.1, 0.15) is 32.1 Å². The average Bonchev–Trinajstić information content (AvgIpc) is 3.13. The largest absolute Gasteiger partial charge is 0.392 e. The SMILES string of the molecule is [2H]C([2H])(O)c1ccc(-c2ccccc2S(=O)(=O)N(COC)c2noc(C)c2C)c(COCC)c1. The third kappa shape index (κ3) is 4.71. The van der Waals surface area contributed by atoms with Crippen molar-refractivity contribution < 1.29 is 30.3 Å². The van der Waals surface area contributed by atoms with E-state index in [-0.39, 0.29) is 29.6 Å². The molecule has 1 heterocycles. The predicted octanol–water partition coefficient (Wildman–Crippen LogP) is 3.79. The van der Waals surface area contributed by atoms with Crippen LogP contribution in [0.3, 0.4) is 0 Å². The molecular weight excluding hydrogens is 432 g/mol. The van der Waals surface area contributed by atoms with Gasteiger partial charge in [0.25, 0.3) is 10.0 Å². The molecule has 0 aliphatic carbocycles. The summed E-state index contributed by atoms with van der Waals surface area (Å²) in [5.74, 6) is 0.625. The van der Waals surface area contributed by atoms with E-state index >= 15 is 0 Å². The van der Waals surface area contributed by atoms with Gasteiger partial charge in [-0.15, -0.1) is 0 Å². The zero-order valence-corrected chi connectivity index (χ0v) is 19.3. The van der Waals surface area contributed by atoms with Crippen molar-refractivity contribution >= 4 is 15.8 Å². The molecule has 3 aromatic rings. The standard InChI is InChI=1S/C23H28N2O6S/c1-5-30-14-19-12-18(13-26)10-11-20(19)21-8-6-7-9-22(21)32(27,28)25(15-29-4)23-16(2)17(3)31-24-23/h6-12,26H,5,13-15H2,1-4H3/i13D2. The molecular formula is C23H28N2O6S. The first kappa shape index (κ1) is 21.1. The van der Waals surface area contributed by atoms with Gasteiger partial charge in [0, 0.05) is 24.8 Å². The van der Waals surface area contributed by atoms with Gasteiger partial charge in [0.1, 0.15) is 12.5 Å². The lowest BCUT2D eigenvalue weighted by Crippen LogP contribution is -2.34. The highest BCUT2D eigenvalue weighted by atomic mass is 32.2. The first-order chi connectivity index (χ1) is 16.0. The lowest BCUT2D eigenvalue weighted by molar-refractivity contribution is 0.134. The summed E-state index contributed by atoms with van der Waals surface area (Å²) < 4.78 is 59.9. The molecule has 3 rings (SSSR count). The molecule has 0 aliphatic heterocycles. The molecule has 172 valence electrons. The highest BCUT2D eigenvalue weighted by molar-refractivity contribution is 7.93. The van der Waals surface area contributed by atoms with E-state index in [1.54, 1.807) is 38.1 Å². The number of nitrogens with zero attached hydrogens (tertiary/aromatic N) is 2. The topological polar surface area (TPSA) is 102 Å². The summed E-state index contributed by atoms with van der Waals surface area (Å²) in [6, 6.07) is 11.0. The van der Waals surface area contributed by atoms with Crippen LogP contribution in [0.5, 0.6) is 0 Å². The number of aliphatic hydroxyl groups is 1. The molecule has 0 saturated heterocycles. The van der Waals surface area contributed by atoms with Crippen molar-refractivity contribution in [2.45, 2.75) is 38.8 Å². The van der Waals surface area contributed by atoms with Gasteiger partial charge < -0.3 is 19.1 Å². The van der Waals surface area contributed by atoms with Crippen molar-refractivity contribution in [1.82, 2.24) is 5.16 Å². The first-order valence-electron chi connectivity index (χ1n) is 11.0. The van der Waals surface area contributed by atoms with E-state index in [9.17, 15) is 13.5 Å². The molecule has 1 aromatic heterocycles. The Morgan fingerprint density at radius 1 is 1.19 bits per heavy atom. The summed E-state index contributed by atoms with van der Waals surface area (Å²) in [5, 5.41) is 13.8. The Morgan fingerprint density at radius 2 is 1.94 bits per heavy atom. The number of aromatic nitrogens is 1. The van der Waals surface area contributed by atoms with Gasteiger partial charge in [-0.05, 0) is 43.5 Å². The van der Waals surface area contributed by atoms with Crippen LogP contribution in [-0.2, 0) is 32.7 Å². The van der Waals surface area contributed by atoms with Crippen LogP contribution in [-0.4, -0.2) is 39.1 Å². The van der Waals surface area contributed by atoms with Crippen LogP contribution >= 0.6 is 0 Å². The Balaban J connectivity index is 2.20. The van der Waals surface area contributed by atoms with Gasteiger partial charge in [-0.3, -0.25) is 0 Å². The second-order valence-corrected chi connectivity index (χ2v) is 8.91. The van der Waals surface area contributed by atoms with Gasteiger partial charge in [-0.25, -0.2) is 12.7 Å². The van der Waals surface area contributed by atoms with Crippen LogP contribution < -0.4 is 4.31 Å². The normalized spacial score (nSPS) is 13.0. The van der Waals surface area contributed by atoms with Gasteiger partial charge in [-0.1, -0.05) is 41.6 Å². The molecule has 0 radical (unpaired) electrons. The minimum absolute atomic E-state index is 0.00427. The molecule has 0 saturated carbocycles. The highest BCUT2D eigenvalue weighted by Gasteiger charge is 2.32. The second kappa shape index (κ2) is 10.3. The predicted molar refractivity (Wildman–Crippen MR) is 121 cm³/mol. The molecule has 0 fully saturated rings. The fraction of sp³-hybridized carbons (Fsp3) is 0.348. The molecule has 0 amide bonds. The molecule has 0 atom stereocenters. The van der Waals surface area contributed by atoms with Crippen molar-refractivity contribution in [3.8, 4) is 11.1 Å². The molecule has 9 heteroatoms. The number of sulfonamides is 1. The maximum absolute atomic E-state index is 13.9. The van der Waals surface area contributed by atoms with E-state index in [2.05, 4.69) is 5.16 Å². The van der Waals surface area contributed by atoms with Crippen LogP contribution in [0.2, 0.25) is 0 Å². The van der Waals surface area contributed by atoms with Gasteiger partial charge in [0.05, 0.1) is 20.8 Å². The van der Waals surface area contributed by atoms with Crippen molar-refractivity contribution in [1.29, 1.82) is 0 Å². The quantitative estimate of drug-likeness (QED) is 0.457. The van der Waals surface area contributed by atoms with Gasteiger partial charge in [0.2, 0.25) is 0 Å². The van der Waals surface area contributed by atoms with Crippen molar-refractivity contribution in [3.05, 3.63) is 64.9 Å². The summed E-state index contributed by atoms with van der Waals surface area (Å²) in [5.41, 5.74) is 2.07. The molecule has 32 heavy (non-hydrogen) atoms. The summed E-state index contributed by atoms with van der Waals surface area (Å²) in [6.07, 6.45) is 0. The van der Waals surface area contributed by atoms with Crippen LogP contribution in [0.25, 0.3) is 11.1 Å². The van der Waals surface area contributed by atoms with E-state index in [0.717, 1.165) is 4.31 Å². The zero-order valence-electron chi connectivity index (χ0n) is 20.5. The molecule has 0 aliphatic rings. The number of hydrogen-bond donors (Lipinski definition) is 1. The van der Waals surface area contributed by atoms with E-state index in [0.29, 0.717) is 34.6 Å². The summed E-state index contributed by atoms with van der Waals surface area (Å²) >= 11 is 0. The zero-order chi connectivity index (χ0) is 25.1. The van der Waals surface area contributed by atoms with Crippen LogP contribution in [0.4, 0.5) is 5.82 Å². The Bertz CT molecular complexity index is 1250. The molecule has 0 spiro atoms.